The molecule has 1 aromatic heterocycles. The monoisotopic (exact) mass is 455 g/mol. The van der Waals surface area contributed by atoms with Crippen LogP contribution in [0.15, 0.2) is 60.7 Å². The van der Waals surface area contributed by atoms with Crippen LogP contribution in [-0.4, -0.2) is 32.1 Å². The number of aromatic amines is 1. The van der Waals surface area contributed by atoms with E-state index in [4.69, 9.17) is 28.3 Å². The first-order chi connectivity index (χ1) is 13.3. The Morgan fingerprint density at radius 2 is 1.68 bits per heavy atom. The summed E-state index contributed by atoms with van der Waals surface area (Å²) in [5, 5.41) is 13.1. The Bertz CT molecular complexity index is 1150. The molecule has 3 aromatic rings. The topological polar surface area (TPSA) is 105 Å². The van der Waals surface area contributed by atoms with Gasteiger partial charge in [-0.15, -0.1) is 11.8 Å². The van der Waals surface area contributed by atoms with Crippen molar-refractivity contribution in [3.05, 3.63) is 73.0 Å². The second-order valence-corrected chi connectivity index (χ2v) is 8.12. The fraction of sp³-hybridized carbons (Fsp3) is 0.0588. The van der Waals surface area contributed by atoms with Crippen molar-refractivity contribution in [1.82, 2.24) is 14.8 Å². The Labute approximate surface area is 176 Å². The van der Waals surface area contributed by atoms with Gasteiger partial charge in [0.25, 0.3) is 5.56 Å². The lowest BCUT2D eigenvalue weighted by Gasteiger charge is -2.11. The maximum atomic E-state index is 12.0. The number of carboxylic acid groups (broad SMARTS) is 1. The molecule has 0 spiro atoms. The molecular weight excluding hydrogens is 445 g/mol. The predicted molar refractivity (Wildman–Crippen MR) is 110 cm³/mol. The van der Waals surface area contributed by atoms with Crippen LogP contribution in [0.3, 0.4) is 0 Å². The first-order valence-electron chi connectivity index (χ1n) is 7.58. The van der Waals surface area contributed by atoms with E-state index in [-0.39, 0.29) is 15.7 Å². The molecule has 0 radical (unpaired) electrons. The lowest BCUT2D eigenvalue weighted by molar-refractivity contribution is 0.0685. The molecule has 2 N–H and O–H groups in total. The predicted octanol–water partition coefficient (Wildman–Crippen LogP) is 3.80. The average Bonchev–Trinajstić information content (AvgIpc) is 2.64. The van der Waals surface area contributed by atoms with Gasteiger partial charge < -0.3 is 5.11 Å². The van der Waals surface area contributed by atoms with Crippen molar-refractivity contribution in [2.45, 2.75) is 14.7 Å². The van der Waals surface area contributed by atoms with E-state index < -0.39 is 22.9 Å². The molecule has 2 aromatic carbocycles. The minimum Gasteiger partial charge on any atom is -0.476 e. The van der Waals surface area contributed by atoms with Crippen LogP contribution in [-0.2, 0) is 0 Å². The molecule has 144 valence electrons. The van der Waals surface area contributed by atoms with Gasteiger partial charge in [0.05, 0.1) is 15.7 Å². The smallest absolute Gasteiger partial charge is 0.362 e. The molecule has 0 aliphatic rings. The maximum Gasteiger partial charge on any atom is 0.362 e. The van der Waals surface area contributed by atoms with Crippen LogP contribution in [0.5, 0.6) is 0 Å². The Balaban J connectivity index is 2.02. The van der Waals surface area contributed by atoms with Crippen LogP contribution in [0.2, 0.25) is 10.0 Å². The highest BCUT2D eigenvalue weighted by Gasteiger charge is 2.17. The zero-order valence-corrected chi connectivity index (χ0v) is 17.2. The van der Waals surface area contributed by atoms with Gasteiger partial charge in [0.1, 0.15) is 0 Å². The maximum absolute atomic E-state index is 12.0. The van der Waals surface area contributed by atoms with Crippen LogP contribution >= 0.6 is 46.7 Å². The summed E-state index contributed by atoms with van der Waals surface area (Å²) in [5.41, 5.74) is -2.69. The molecule has 0 fully saturated rings. The Hall–Kier alpha value is -2.20. The summed E-state index contributed by atoms with van der Waals surface area (Å²) in [6, 6.07) is 10.7. The molecule has 1 heterocycles. The fourth-order valence-electron chi connectivity index (χ4n) is 2.24. The third-order valence-corrected chi connectivity index (χ3v) is 6.25. The first-order valence-corrected chi connectivity index (χ1v) is 10.4. The number of carboxylic acids is 1. The van der Waals surface area contributed by atoms with E-state index in [1.165, 1.54) is 23.9 Å². The second kappa shape index (κ2) is 8.44. The van der Waals surface area contributed by atoms with E-state index in [0.29, 0.717) is 4.90 Å². The second-order valence-electron chi connectivity index (χ2n) is 5.34. The van der Waals surface area contributed by atoms with Gasteiger partial charge >= 0.3 is 11.7 Å². The van der Waals surface area contributed by atoms with Gasteiger partial charge in [-0.25, -0.2) is 9.59 Å². The highest BCUT2D eigenvalue weighted by molar-refractivity contribution is 7.99. The zero-order chi connectivity index (χ0) is 20.4. The number of benzene rings is 2. The fourth-order valence-corrected chi connectivity index (χ4v) is 4.18. The molecule has 0 bridgehead atoms. The number of hydrogen-bond acceptors (Lipinski definition) is 6. The minimum atomic E-state index is -1.56. The molecule has 28 heavy (non-hydrogen) atoms. The van der Waals surface area contributed by atoms with E-state index in [0.717, 1.165) is 14.5 Å². The van der Waals surface area contributed by atoms with Crippen molar-refractivity contribution < 1.29 is 9.90 Å². The lowest BCUT2D eigenvalue weighted by Crippen LogP contribution is -2.35. The Morgan fingerprint density at radius 1 is 1.11 bits per heavy atom. The van der Waals surface area contributed by atoms with Crippen molar-refractivity contribution in [2.24, 2.45) is 0 Å². The molecule has 0 saturated carbocycles. The van der Waals surface area contributed by atoms with Crippen LogP contribution in [0.25, 0.3) is 5.69 Å². The molecule has 0 amide bonds. The number of thioether (sulfide) groups is 1. The van der Waals surface area contributed by atoms with Gasteiger partial charge in [-0.3, -0.25) is 9.78 Å². The Kier molecular flexibility index (Phi) is 6.19. The Morgan fingerprint density at radius 3 is 2.21 bits per heavy atom. The van der Waals surface area contributed by atoms with E-state index >= 15 is 0 Å². The van der Waals surface area contributed by atoms with E-state index in [1.54, 1.807) is 11.8 Å². The number of H-pyrrole nitrogens is 1. The number of nitrogens with one attached hydrogen (secondary N) is 1. The van der Waals surface area contributed by atoms with Crippen LogP contribution in [0, 0.1) is 0 Å². The molecule has 11 heteroatoms. The standard InChI is InChI=1S/C17H11Cl2N3O4S2/c1-27-9-2-4-10(5-3-9)28-14-11(18)6-8(7-12(14)19)22-17(26)20-15(23)13(21-22)16(24)25/h2-7H,1H3,(H,24,25)(H,20,23,26). The highest BCUT2D eigenvalue weighted by Crippen LogP contribution is 2.40. The summed E-state index contributed by atoms with van der Waals surface area (Å²) in [6.07, 6.45) is 1.98. The number of nitrogens with zero attached hydrogens (tertiary/aromatic N) is 2. The third-order valence-electron chi connectivity index (χ3n) is 3.54. The molecule has 0 unspecified atom stereocenters. The summed E-state index contributed by atoms with van der Waals surface area (Å²) in [5.74, 6) is -1.56. The summed E-state index contributed by atoms with van der Waals surface area (Å²) < 4.78 is 0.727. The summed E-state index contributed by atoms with van der Waals surface area (Å²) >= 11 is 15.6. The molecule has 7 nitrogen and oxygen atoms in total. The quantitative estimate of drug-likeness (QED) is 0.563. The van der Waals surface area contributed by atoms with Gasteiger partial charge in [-0.1, -0.05) is 35.0 Å². The molecule has 0 aliphatic heterocycles. The minimum absolute atomic E-state index is 0.126. The zero-order valence-electron chi connectivity index (χ0n) is 14.1. The van der Waals surface area contributed by atoms with Crippen molar-refractivity contribution in [2.75, 3.05) is 6.26 Å². The molecule has 0 saturated heterocycles. The van der Waals surface area contributed by atoms with Crippen molar-refractivity contribution in [1.29, 1.82) is 0 Å². The summed E-state index contributed by atoms with van der Waals surface area (Å²) in [4.78, 5) is 39.2. The summed E-state index contributed by atoms with van der Waals surface area (Å²) in [7, 11) is 0. The van der Waals surface area contributed by atoms with Gasteiger partial charge in [-0.05, 0) is 42.7 Å². The van der Waals surface area contributed by atoms with Crippen LogP contribution in [0.4, 0.5) is 0 Å². The highest BCUT2D eigenvalue weighted by atomic mass is 35.5. The van der Waals surface area contributed by atoms with Crippen molar-refractivity contribution in [3.8, 4) is 5.69 Å². The molecule has 0 aliphatic carbocycles. The number of aromatic carboxylic acids is 1. The number of halogens is 2. The van der Waals surface area contributed by atoms with Gasteiger partial charge in [0, 0.05) is 14.7 Å². The van der Waals surface area contributed by atoms with Gasteiger partial charge in [-0.2, -0.15) is 9.78 Å². The van der Waals surface area contributed by atoms with Gasteiger partial charge in [0.15, 0.2) is 0 Å². The largest absolute Gasteiger partial charge is 0.476 e. The number of hydrogen-bond donors (Lipinski definition) is 2. The number of carbonyl (C=O) groups is 1. The van der Waals surface area contributed by atoms with E-state index in [2.05, 4.69) is 5.10 Å². The molecule has 3 rings (SSSR count). The first kappa shape index (κ1) is 20.5. The normalized spacial score (nSPS) is 10.8. The lowest BCUT2D eigenvalue weighted by atomic mass is 10.3. The van der Waals surface area contributed by atoms with E-state index in [9.17, 15) is 14.4 Å². The van der Waals surface area contributed by atoms with Crippen molar-refractivity contribution in [3.63, 3.8) is 0 Å². The number of rotatable bonds is 5. The average molecular weight is 456 g/mol. The van der Waals surface area contributed by atoms with Gasteiger partial charge in [0.2, 0.25) is 5.69 Å². The third kappa shape index (κ3) is 4.27. The van der Waals surface area contributed by atoms with Crippen LogP contribution in [0.1, 0.15) is 10.5 Å². The SMILES string of the molecule is CSc1ccc(Sc2c(Cl)cc(-n3nc(C(=O)O)c(=O)[nH]c3=O)cc2Cl)cc1. The number of aromatic nitrogens is 3. The van der Waals surface area contributed by atoms with E-state index in [1.807, 2.05) is 35.5 Å². The summed E-state index contributed by atoms with van der Waals surface area (Å²) in [6.45, 7) is 0. The molecular formula is C17H11Cl2N3O4S2. The van der Waals surface area contributed by atoms with Crippen molar-refractivity contribution >= 4 is 52.7 Å². The molecule has 0 atom stereocenters. The van der Waals surface area contributed by atoms with Crippen LogP contribution < -0.4 is 11.2 Å².